The summed E-state index contributed by atoms with van der Waals surface area (Å²) in [6.45, 7) is 1.64. The molecule has 3 fully saturated rings. The molecule has 1 saturated heterocycles. The third kappa shape index (κ3) is 1.06. The number of halogens is 3. The normalized spacial score (nSPS) is 34.6. The standard InChI is InChI=1S/C10H13F3N2O/c1-6-14-8(2-3-8)7(16)15(6)9(4-5-9)10(11,12)13/h6,14H,2-5H2,1H3. The molecule has 6 heteroatoms. The molecule has 3 aliphatic rings. The van der Waals surface area contributed by atoms with E-state index in [0.29, 0.717) is 12.8 Å². The maximum atomic E-state index is 12.9. The summed E-state index contributed by atoms with van der Waals surface area (Å²) in [5.41, 5.74) is -2.52. The third-order valence-electron chi connectivity index (χ3n) is 3.96. The lowest BCUT2D eigenvalue weighted by atomic mass is 10.2. The summed E-state index contributed by atoms with van der Waals surface area (Å²) in [6, 6.07) is 0. The van der Waals surface area contributed by atoms with Crippen molar-refractivity contribution in [3.05, 3.63) is 0 Å². The molecule has 1 heterocycles. The molecule has 1 aliphatic heterocycles. The predicted molar refractivity (Wildman–Crippen MR) is 49.4 cm³/mol. The van der Waals surface area contributed by atoms with Gasteiger partial charge < -0.3 is 4.90 Å². The second-order valence-electron chi connectivity index (χ2n) is 5.11. The smallest absolute Gasteiger partial charge is 0.311 e. The molecule has 0 bridgehead atoms. The van der Waals surface area contributed by atoms with Gasteiger partial charge in [0.15, 0.2) is 0 Å². The number of nitrogens with zero attached hydrogens (tertiary/aromatic N) is 1. The Morgan fingerprint density at radius 1 is 1.31 bits per heavy atom. The van der Waals surface area contributed by atoms with Crippen LogP contribution in [-0.2, 0) is 4.79 Å². The van der Waals surface area contributed by atoms with Crippen molar-refractivity contribution < 1.29 is 18.0 Å². The molecule has 1 spiro atoms. The fraction of sp³-hybridized carbons (Fsp3) is 0.900. The van der Waals surface area contributed by atoms with Gasteiger partial charge in [0.05, 0.1) is 11.7 Å². The highest BCUT2D eigenvalue weighted by Crippen LogP contribution is 2.57. The first-order valence-corrected chi connectivity index (χ1v) is 5.51. The largest absolute Gasteiger partial charge is 0.411 e. The van der Waals surface area contributed by atoms with Crippen molar-refractivity contribution in [3.8, 4) is 0 Å². The first kappa shape index (κ1) is 10.4. The average molecular weight is 234 g/mol. The SMILES string of the molecule is CC1NC2(CC2)C(=O)N1C1(C(F)(F)F)CC1. The lowest BCUT2D eigenvalue weighted by molar-refractivity contribution is -0.201. The molecule has 16 heavy (non-hydrogen) atoms. The van der Waals surface area contributed by atoms with Gasteiger partial charge >= 0.3 is 6.18 Å². The van der Waals surface area contributed by atoms with E-state index in [0.717, 1.165) is 4.90 Å². The van der Waals surface area contributed by atoms with Crippen molar-refractivity contribution in [2.45, 2.75) is 56.0 Å². The van der Waals surface area contributed by atoms with E-state index in [2.05, 4.69) is 5.32 Å². The molecular weight excluding hydrogens is 221 g/mol. The van der Waals surface area contributed by atoms with Crippen LogP contribution in [0, 0.1) is 0 Å². The quantitative estimate of drug-likeness (QED) is 0.743. The number of hydrogen-bond donors (Lipinski definition) is 1. The van der Waals surface area contributed by atoms with E-state index < -0.39 is 23.4 Å². The van der Waals surface area contributed by atoms with E-state index >= 15 is 0 Å². The van der Waals surface area contributed by atoms with Crippen molar-refractivity contribution in [1.82, 2.24) is 10.2 Å². The van der Waals surface area contributed by atoms with Gasteiger partial charge in [-0.05, 0) is 32.6 Å². The van der Waals surface area contributed by atoms with E-state index in [9.17, 15) is 18.0 Å². The van der Waals surface area contributed by atoms with Crippen LogP contribution >= 0.6 is 0 Å². The van der Waals surface area contributed by atoms with Crippen molar-refractivity contribution in [3.63, 3.8) is 0 Å². The first-order valence-electron chi connectivity index (χ1n) is 5.51. The molecule has 3 rings (SSSR count). The van der Waals surface area contributed by atoms with Gasteiger partial charge in [0.1, 0.15) is 5.54 Å². The molecular formula is C10H13F3N2O. The van der Waals surface area contributed by atoms with Crippen LogP contribution in [0.15, 0.2) is 0 Å². The summed E-state index contributed by atoms with van der Waals surface area (Å²) in [7, 11) is 0. The number of carbonyl (C=O) groups excluding carboxylic acids is 1. The Morgan fingerprint density at radius 2 is 1.88 bits per heavy atom. The van der Waals surface area contributed by atoms with Gasteiger partial charge in [-0.3, -0.25) is 10.1 Å². The second kappa shape index (κ2) is 2.55. The van der Waals surface area contributed by atoms with E-state index in [1.807, 2.05) is 0 Å². The summed E-state index contributed by atoms with van der Waals surface area (Å²) in [6.07, 6.45) is -3.38. The monoisotopic (exact) mass is 234 g/mol. The average Bonchev–Trinajstić information content (AvgIpc) is 2.96. The Hall–Kier alpha value is -0.780. The van der Waals surface area contributed by atoms with E-state index in [1.54, 1.807) is 6.92 Å². The Balaban J connectivity index is 1.93. The fourth-order valence-corrected chi connectivity index (χ4v) is 2.76. The molecule has 2 aliphatic carbocycles. The molecule has 1 unspecified atom stereocenters. The van der Waals surface area contributed by atoms with Gasteiger partial charge in [-0.1, -0.05) is 0 Å². The van der Waals surface area contributed by atoms with Gasteiger partial charge in [0, 0.05) is 0 Å². The number of alkyl halides is 3. The second-order valence-corrected chi connectivity index (χ2v) is 5.11. The van der Waals surface area contributed by atoms with Crippen LogP contribution in [0.5, 0.6) is 0 Å². The van der Waals surface area contributed by atoms with Crippen molar-refractivity contribution in [2.24, 2.45) is 0 Å². The molecule has 2 saturated carbocycles. The molecule has 1 amide bonds. The zero-order chi connectivity index (χ0) is 11.8. The van der Waals surface area contributed by atoms with E-state index in [1.165, 1.54) is 0 Å². The van der Waals surface area contributed by atoms with Crippen LogP contribution in [0.2, 0.25) is 0 Å². The highest BCUT2D eigenvalue weighted by Gasteiger charge is 2.73. The molecule has 90 valence electrons. The highest BCUT2D eigenvalue weighted by atomic mass is 19.4. The Morgan fingerprint density at radius 3 is 2.19 bits per heavy atom. The molecule has 0 aromatic rings. The summed E-state index contributed by atoms with van der Waals surface area (Å²) in [5.74, 6) is -0.352. The number of nitrogens with one attached hydrogen (secondary N) is 1. The Kier molecular flexibility index (Phi) is 1.65. The van der Waals surface area contributed by atoms with Crippen LogP contribution in [0.25, 0.3) is 0 Å². The molecule has 0 aromatic heterocycles. The zero-order valence-electron chi connectivity index (χ0n) is 8.90. The summed E-state index contributed by atoms with van der Waals surface area (Å²) in [5, 5.41) is 3.00. The maximum Gasteiger partial charge on any atom is 0.411 e. The van der Waals surface area contributed by atoms with Gasteiger partial charge in [0.25, 0.3) is 0 Å². The summed E-state index contributed by atoms with van der Waals surface area (Å²) < 4.78 is 38.8. The van der Waals surface area contributed by atoms with Crippen LogP contribution in [0.4, 0.5) is 13.2 Å². The molecule has 0 radical (unpaired) electrons. The number of amides is 1. The summed E-state index contributed by atoms with van der Waals surface area (Å²) >= 11 is 0. The lowest BCUT2D eigenvalue weighted by Gasteiger charge is -2.32. The van der Waals surface area contributed by atoms with E-state index in [-0.39, 0.29) is 18.7 Å². The molecule has 0 aromatic carbocycles. The molecule has 1 atom stereocenters. The van der Waals surface area contributed by atoms with Gasteiger partial charge in [-0.15, -0.1) is 0 Å². The topological polar surface area (TPSA) is 32.3 Å². The first-order chi connectivity index (χ1) is 7.32. The molecule has 3 nitrogen and oxygen atoms in total. The van der Waals surface area contributed by atoms with Crippen molar-refractivity contribution in [2.75, 3.05) is 0 Å². The minimum atomic E-state index is -4.31. The third-order valence-corrected chi connectivity index (χ3v) is 3.96. The van der Waals surface area contributed by atoms with E-state index in [4.69, 9.17) is 0 Å². The Bertz CT molecular complexity index is 358. The number of carbonyl (C=O) groups is 1. The minimum absolute atomic E-state index is 0.0460. The van der Waals surface area contributed by atoms with Gasteiger partial charge in [-0.2, -0.15) is 13.2 Å². The van der Waals surface area contributed by atoms with Crippen molar-refractivity contribution >= 4 is 5.91 Å². The van der Waals surface area contributed by atoms with Crippen LogP contribution in [-0.4, -0.2) is 34.2 Å². The Labute approximate surface area is 91.0 Å². The highest BCUT2D eigenvalue weighted by molar-refractivity contribution is 5.92. The predicted octanol–water partition coefficient (Wildman–Crippen LogP) is 1.39. The zero-order valence-corrected chi connectivity index (χ0v) is 8.90. The van der Waals surface area contributed by atoms with Gasteiger partial charge in [-0.25, -0.2) is 0 Å². The van der Waals surface area contributed by atoms with Crippen LogP contribution in [0.3, 0.4) is 0 Å². The van der Waals surface area contributed by atoms with Crippen LogP contribution in [0.1, 0.15) is 32.6 Å². The number of rotatable bonds is 1. The number of hydrogen-bond acceptors (Lipinski definition) is 2. The summed E-state index contributed by atoms with van der Waals surface area (Å²) in [4.78, 5) is 13.0. The minimum Gasteiger partial charge on any atom is -0.311 e. The lowest BCUT2D eigenvalue weighted by Crippen LogP contribution is -2.53. The maximum absolute atomic E-state index is 12.9. The van der Waals surface area contributed by atoms with Crippen molar-refractivity contribution in [1.29, 1.82) is 0 Å². The van der Waals surface area contributed by atoms with Crippen LogP contribution < -0.4 is 5.32 Å². The fourth-order valence-electron chi connectivity index (χ4n) is 2.76. The molecule has 1 N–H and O–H groups in total. The van der Waals surface area contributed by atoms with Gasteiger partial charge in [0.2, 0.25) is 5.91 Å².